The van der Waals surface area contributed by atoms with E-state index in [2.05, 4.69) is 10.4 Å². The van der Waals surface area contributed by atoms with Crippen molar-refractivity contribution >= 4 is 17.3 Å². The standard InChI is InChI=1S/C14H19N5O/c1-18(8-11-7-16-19(2)9-11)10-14(20)17-13-5-3-12(15)4-6-13/h3-7,9H,8,10,15H2,1-2H3,(H,17,20). The van der Waals surface area contributed by atoms with Gasteiger partial charge in [-0.05, 0) is 31.3 Å². The molecule has 3 N–H and O–H groups in total. The molecule has 0 radical (unpaired) electrons. The zero-order valence-corrected chi connectivity index (χ0v) is 11.7. The highest BCUT2D eigenvalue weighted by Gasteiger charge is 2.08. The minimum atomic E-state index is -0.0545. The minimum absolute atomic E-state index is 0.0545. The zero-order valence-electron chi connectivity index (χ0n) is 11.7. The SMILES string of the molecule is CN(CC(=O)Nc1ccc(N)cc1)Cc1cnn(C)c1. The Bertz CT molecular complexity index is 576. The largest absolute Gasteiger partial charge is 0.399 e. The number of carbonyl (C=O) groups excluding carboxylic acids is 1. The Morgan fingerprint density at radius 1 is 1.40 bits per heavy atom. The third kappa shape index (κ3) is 4.10. The van der Waals surface area contributed by atoms with Gasteiger partial charge in [0, 0.05) is 36.7 Å². The van der Waals surface area contributed by atoms with Crippen molar-refractivity contribution < 1.29 is 4.79 Å². The van der Waals surface area contributed by atoms with E-state index in [0.29, 0.717) is 18.8 Å². The van der Waals surface area contributed by atoms with Gasteiger partial charge in [-0.25, -0.2) is 0 Å². The molecular formula is C14H19N5O. The van der Waals surface area contributed by atoms with Crippen LogP contribution in [0.1, 0.15) is 5.56 Å². The maximum atomic E-state index is 11.9. The van der Waals surface area contributed by atoms with E-state index in [9.17, 15) is 4.79 Å². The van der Waals surface area contributed by atoms with Crippen LogP contribution < -0.4 is 11.1 Å². The molecule has 1 heterocycles. The molecule has 6 heteroatoms. The lowest BCUT2D eigenvalue weighted by Gasteiger charge is -2.15. The Hall–Kier alpha value is -2.34. The highest BCUT2D eigenvalue weighted by molar-refractivity contribution is 5.92. The number of nitrogens with two attached hydrogens (primary N) is 1. The second-order valence-corrected chi connectivity index (χ2v) is 4.86. The first-order chi connectivity index (χ1) is 9.52. The summed E-state index contributed by atoms with van der Waals surface area (Å²) in [6, 6.07) is 7.09. The third-order valence-electron chi connectivity index (χ3n) is 2.82. The summed E-state index contributed by atoms with van der Waals surface area (Å²) in [5, 5.41) is 6.94. The topological polar surface area (TPSA) is 76.2 Å². The average Bonchev–Trinajstić information content (AvgIpc) is 2.77. The van der Waals surface area contributed by atoms with Crippen molar-refractivity contribution in [3.05, 3.63) is 42.2 Å². The second kappa shape index (κ2) is 6.21. The van der Waals surface area contributed by atoms with E-state index >= 15 is 0 Å². The van der Waals surface area contributed by atoms with E-state index in [-0.39, 0.29) is 5.91 Å². The van der Waals surface area contributed by atoms with Crippen LogP contribution in [0.4, 0.5) is 11.4 Å². The van der Waals surface area contributed by atoms with Gasteiger partial charge in [-0.1, -0.05) is 0 Å². The summed E-state index contributed by atoms with van der Waals surface area (Å²) in [5.41, 5.74) is 8.10. The second-order valence-electron chi connectivity index (χ2n) is 4.86. The molecule has 20 heavy (non-hydrogen) atoms. The quantitative estimate of drug-likeness (QED) is 0.799. The fraction of sp³-hybridized carbons (Fsp3) is 0.286. The number of carbonyl (C=O) groups is 1. The van der Waals surface area contributed by atoms with Gasteiger partial charge < -0.3 is 11.1 Å². The molecule has 0 spiro atoms. The van der Waals surface area contributed by atoms with Crippen molar-refractivity contribution in [3.8, 4) is 0 Å². The van der Waals surface area contributed by atoms with E-state index in [1.165, 1.54) is 0 Å². The summed E-state index contributed by atoms with van der Waals surface area (Å²) < 4.78 is 1.75. The molecule has 0 saturated heterocycles. The van der Waals surface area contributed by atoms with Crippen LogP contribution in [0.2, 0.25) is 0 Å². The van der Waals surface area contributed by atoms with Gasteiger partial charge in [-0.3, -0.25) is 14.4 Å². The number of nitrogen functional groups attached to an aromatic ring is 1. The number of amides is 1. The molecule has 1 amide bonds. The third-order valence-corrected chi connectivity index (χ3v) is 2.82. The maximum Gasteiger partial charge on any atom is 0.238 e. The molecule has 0 atom stereocenters. The van der Waals surface area contributed by atoms with Crippen LogP contribution in [0, 0.1) is 0 Å². The van der Waals surface area contributed by atoms with Gasteiger partial charge in [0.05, 0.1) is 12.7 Å². The van der Waals surface area contributed by atoms with Gasteiger partial charge in [0.25, 0.3) is 0 Å². The normalized spacial score (nSPS) is 10.8. The van der Waals surface area contributed by atoms with Gasteiger partial charge in [0.1, 0.15) is 0 Å². The Balaban J connectivity index is 1.83. The number of aryl methyl sites for hydroxylation is 1. The number of hydrogen-bond acceptors (Lipinski definition) is 4. The Morgan fingerprint density at radius 3 is 2.70 bits per heavy atom. The fourth-order valence-electron chi connectivity index (χ4n) is 1.93. The van der Waals surface area contributed by atoms with E-state index in [1.54, 1.807) is 35.1 Å². The summed E-state index contributed by atoms with van der Waals surface area (Å²) >= 11 is 0. The van der Waals surface area contributed by atoms with Crippen LogP contribution in [0.25, 0.3) is 0 Å². The summed E-state index contributed by atoms with van der Waals surface area (Å²) in [6.07, 6.45) is 3.74. The highest BCUT2D eigenvalue weighted by atomic mass is 16.2. The predicted molar refractivity (Wildman–Crippen MR) is 79.0 cm³/mol. The van der Waals surface area contributed by atoms with Crippen molar-refractivity contribution in [2.75, 3.05) is 24.6 Å². The van der Waals surface area contributed by atoms with Gasteiger partial charge in [0.2, 0.25) is 5.91 Å². The smallest absolute Gasteiger partial charge is 0.238 e. The summed E-state index contributed by atoms with van der Waals surface area (Å²) in [5.74, 6) is -0.0545. The van der Waals surface area contributed by atoms with Gasteiger partial charge in [-0.2, -0.15) is 5.10 Å². The van der Waals surface area contributed by atoms with Crippen LogP contribution >= 0.6 is 0 Å². The first-order valence-electron chi connectivity index (χ1n) is 6.34. The molecule has 106 valence electrons. The number of aromatic nitrogens is 2. The van der Waals surface area contributed by atoms with Gasteiger partial charge >= 0.3 is 0 Å². The number of likely N-dealkylation sites (N-methyl/N-ethyl adjacent to an activating group) is 1. The zero-order chi connectivity index (χ0) is 14.5. The highest BCUT2D eigenvalue weighted by Crippen LogP contribution is 2.10. The Kier molecular flexibility index (Phi) is 4.37. The summed E-state index contributed by atoms with van der Waals surface area (Å²) in [4.78, 5) is 13.8. The fourth-order valence-corrected chi connectivity index (χ4v) is 1.93. The first kappa shape index (κ1) is 14.1. The van der Waals surface area contributed by atoms with E-state index in [4.69, 9.17) is 5.73 Å². The van der Waals surface area contributed by atoms with Gasteiger partial charge in [0.15, 0.2) is 0 Å². The summed E-state index contributed by atoms with van der Waals surface area (Å²) in [7, 11) is 3.77. The van der Waals surface area contributed by atoms with Crippen LogP contribution in [0.3, 0.4) is 0 Å². The van der Waals surface area contributed by atoms with Crippen LogP contribution in [-0.4, -0.2) is 34.2 Å². The van der Waals surface area contributed by atoms with Crippen LogP contribution in [-0.2, 0) is 18.4 Å². The molecule has 6 nitrogen and oxygen atoms in total. The maximum absolute atomic E-state index is 11.9. The van der Waals surface area contributed by atoms with Crippen LogP contribution in [0.5, 0.6) is 0 Å². The molecule has 1 aromatic heterocycles. The number of nitrogens with one attached hydrogen (secondary N) is 1. The van der Waals surface area contributed by atoms with Crippen molar-refractivity contribution in [2.24, 2.45) is 7.05 Å². The van der Waals surface area contributed by atoms with Crippen molar-refractivity contribution in [2.45, 2.75) is 6.54 Å². The molecule has 0 aliphatic rings. The number of anilines is 2. The molecule has 0 aliphatic heterocycles. The molecule has 0 saturated carbocycles. The van der Waals surface area contributed by atoms with Gasteiger partial charge in [-0.15, -0.1) is 0 Å². The first-order valence-corrected chi connectivity index (χ1v) is 6.34. The minimum Gasteiger partial charge on any atom is -0.399 e. The Labute approximate surface area is 118 Å². The lowest BCUT2D eigenvalue weighted by Crippen LogP contribution is -2.29. The van der Waals surface area contributed by atoms with Crippen LogP contribution in [0.15, 0.2) is 36.7 Å². The average molecular weight is 273 g/mol. The molecule has 0 fully saturated rings. The van der Waals surface area contributed by atoms with Crippen molar-refractivity contribution in [1.29, 1.82) is 0 Å². The predicted octanol–water partition coefficient (Wildman–Crippen LogP) is 1.07. The lowest BCUT2D eigenvalue weighted by molar-refractivity contribution is -0.117. The number of rotatable bonds is 5. The number of nitrogens with zero attached hydrogens (tertiary/aromatic N) is 3. The van der Waals surface area contributed by atoms with Crippen molar-refractivity contribution in [1.82, 2.24) is 14.7 Å². The number of benzene rings is 1. The number of hydrogen-bond donors (Lipinski definition) is 2. The molecule has 0 aliphatic carbocycles. The summed E-state index contributed by atoms with van der Waals surface area (Å²) in [6.45, 7) is 1.00. The molecule has 0 unspecified atom stereocenters. The molecule has 2 aromatic rings. The van der Waals surface area contributed by atoms with Crippen molar-refractivity contribution in [3.63, 3.8) is 0 Å². The van der Waals surface area contributed by atoms with E-state index < -0.39 is 0 Å². The lowest BCUT2D eigenvalue weighted by atomic mass is 10.3. The van der Waals surface area contributed by atoms with E-state index in [0.717, 1.165) is 11.3 Å². The molecular weight excluding hydrogens is 254 g/mol. The molecule has 0 bridgehead atoms. The molecule has 1 aromatic carbocycles. The monoisotopic (exact) mass is 273 g/mol. The van der Waals surface area contributed by atoms with E-state index in [1.807, 2.05) is 25.2 Å². The Morgan fingerprint density at radius 2 is 2.10 bits per heavy atom. The molecule has 2 rings (SSSR count).